The molecule has 166 valence electrons. The van der Waals surface area contributed by atoms with Gasteiger partial charge in [-0.25, -0.2) is 4.98 Å². The van der Waals surface area contributed by atoms with Crippen LogP contribution in [0.4, 0.5) is 5.69 Å². The minimum absolute atomic E-state index is 0. The van der Waals surface area contributed by atoms with E-state index in [2.05, 4.69) is 53.4 Å². The average Bonchev–Trinajstić information content (AvgIpc) is 2.70. The molecule has 1 aromatic carbocycles. The number of halogens is 2. The van der Waals surface area contributed by atoms with Gasteiger partial charge in [0, 0.05) is 30.2 Å². The number of carbonyl (C=O) groups excluding carboxylic acids is 1. The number of amides is 1. The molecule has 0 aliphatic carbocycles. The van der Waals surface area contributed by atoms with Crippen molar-refractivity contribution in [2.75, 3.05) is 5.32 Å². The van der Waals surface area contributed by atoms with Gasteiger partial charge in [-0.1, -0.05) is 43.7 Å². The van der Waals surface area contributed by atoms with Gasteiger partial charge in [-0.05, 0) is 37.3 Å². The predicted molar refractivity (Wildman–Crippen MR) is 130 cm³/mol. The third kappa shape index (κ3) is 6.23. The Hall–Kier alpha value is -2.54. The molecule has 0 aliphatic rings. The molecule has 2 aromatic heterocycles. The summed E-state index contributed by atoms with van der Waals surface area (Å²) in [6, 6.07) is 8.23. The maximum Gasteiger partial charge on any atom is 0.275 e. The van der Waals surface area contributed by atoms with Crippen molar-refractivity contribution in [1.29, 1.82) is 0 Å². The van der Waals surface area contributed by atoms with Gasteiger partial charge in [-0.2, -0.15) is 0 Å². The molecule has 0 radical (unpaired) electrons. The number of carbonyl (C=O) groups is 1. The van der Waals surface area contributed by atoms with E-state index in [1.165, 1.54) is 24.2 Å². The van der Waals surface area contributed by atoms with E-state index in [-0.39, 0.29) is 36.4 Å². The molecular weight excluding hydrogens is 433 g/mol. The van der Waals surface area contributed by atoms with Crippen LogP contribution in [0.3, 0.4) is 0 Å². The van der Waals surface area contributed by atoms with Gasteiger partial charge in [0.15, 0.2) is 0 Å². The highest BCUT2D eigenvalue weighted by atomic mass is 35.5. The molecule has 3 aromatic rings. The summed E-state index contributed by atoms with van der Waals surface area (Å²) in [4.78, 5) is 25.7. The predicted octanol–water partition coefficient (Wildman–Crippen LogP) is 4.91. The molecule has 0 spiro atoms. The zero-order valence-corrected chi connectivity index (χ0v) is 19.8. The maximum atomic E-state index is 12.8. The van der Waals surface area contributed by atoms with E-state index >= 15 is 0 Å². The van der Waals surface area contributed by atoms with Crippen molar-refractivity contribution in [1.82, 2.24) is 15.0 Å². The van der Waals surface area contributed by atoms with Crippen LogP contribution in [0, 0.1) is 19.8 Å². The fourth-order valence-electron chi connectivity index (χ4n) is 3.36. The van der Waals surface area contributed by atoms with E-state index in [4.69, 9.17) is 10.7 Å². The Bertz CT molecular complexity index is 1010. The van der Waals surface area contributed by atoms with Gasteiger partial charge < -0.3 is 11.1 Å². The molecule has 0 aliphatic heterocycles. The zero-order chi connectivity index (χ0) is 21.0. The molecule has 3 rings (SSSR count). The molecule has 3 N–H and O–H groups in total. The lowest BCUT2D eigenvalue weighted by Crippen LogP contribution is -2.19. The molecule has 0 bridgehead atoms. The fraction of sp³-hybridized carbons (Fsp3) is 0.304. The van der Waals surface area contributed by atoms with Crippen LogP contribution in [0.5, 0.6) is 0 Å². The van der Waals surface area contributed by atoms with Crippen LogP contribution in [-0.2, 0) is 13.0 Å². The Morgan fingerprint density at radius 2 is 1.77 bits per heavy atom. The summed E-state index contributed by atoms with van der Waals surface area (Å²) in [5.74, 6) is 0.119. The smallest absolute Gasteiger partial charge is 0.275 e. The number of rotatable bonds is 6. The summed E-state index contributed by atoms with van der Waals surface area (Å²) in [6.45, 7) is 8.62. The number of aryl methyl sites for hydroxylation is 2. The molecule has 0 saturated heterocycles. The second kappa shape index (κ2) is 11.7. The van der Waals surface area contributed by atoms with Gasteiger partial charge >= 0.3 is 0 Å². The van der Waals surface area contributed by atoms with Gasteiger partial charge in [0.1, 0.15) is 5.69 Å². The van der Waals surface area contributed by atoms with Crippen molar-refractivity contribution in [3.05, 3.63) is 71.1 Å². The maximum absolute atomic E-state index is 12.8. The molecule has 8 heteroatoms. The lowest BCUT2D eigenvalue weighted by Gasteiger charge is -2.21. The number of hydrogen-bond acceptors (Lipinski definition) is 5. The first-order valence-electron chi connectivity index (χ1n) is 9.77. The Balaban J connectivity index is 0.00000240. The molecule has 0 unspecified atom stereocenters. The van der Waals surface area contributed by atoms with Crippen molar-refractivity contribution in [2.24, 2.45) is 11.7 Å². The SMILES string of the molecule is Cc1ccc(-c2c(CN)c(CC(C)C)nc(C)c2NC(=O)c2cnccn2)cc1.Cl.Cl. The van der Waals surface area contributed by atoms with E-state index < -0.39 is 0 Å². The Labute approximate surface area is 195 Å². The Kier molecular flexibility index (Phi) is 10.0. The van der Waals surface area contributed by atoms with E-state index in [0.29, 0.717) is 18.2 Å². The number of nitrogens with one attached hydrogen (secondary N) is 1. The monoisotopic (exact) mass is 461 g/mol. The summed E-state index contributed by atoms with van der Waals surface area (Å²) in [5.41, 5.74) is 12.9. The van der Waals surface area contributed by atoms with Crippen molar-refractivity contribution in [2.45, 2.75) is 40.7 Å². The van der Waals surface area contributed by atoms with Gasteiger partial charge in [-0.3, -0.25) is 14.8 Å². The van der Waals surface area contributed by atoms with Crippen LogP contribution in [0.15, 0.2) is 42.9 Å². The molecule has 0 atom stereocenters. The molecule has 0 fully saturated rings. The van der Waals surface area contributed by atoms with Crippen molar-refractivity contribution in [3.63, 3.8) is 0 Å². The van der Waals surface area contributed by atoms with Crippen molar-refractivity contribution >= 4 is 36.4 Å². The van der Waals surface area contributed by atoms with Crippen LogP contribution in [0.1, 0.15) is 46.9 Å². The summed E-state index contributed by atoms with van der Waals surface area (Å²) < 4.78 is 0. The van der Waals surface area contributed by atoms with E-state index in [9.17, 15) is 4.79 Å². The number of pyridine rings is 1. The average molecular weight is 462 g/mol. The van der Waals surface area contributed by atoms with Gasteiger partial charge in [-0.15, -0.1) is 24.8 Å². The number of anilines is 1. The van der Waals surface area contributed by atoms with Crippen LogP contribution < -0.4 is 11.1 Å². The van der Waals surface area contributed by atoms with Crippen molar-refractivity contribution < 1.29 is 4.79 Å². The molecule has 6 nitrogen and oxygen atoms in total. The van der Waals surface area contributed by atoms with Gasteiger partial charge in [0.05, 0.1) is 17.6 Å². The van der Waals surface area contributed by atoms with Crippen LogP contribution in [-0.4, -0.2) is 20.9 Å². The van der Waals surface area contributed by atoms with Crippen molar-refractivity contribution in [3.8, 4) is 11.1 Å². The summed E-state index contributed by atoms with van der Waals surface area (Å²) >= 11 is 0. The highest BCUT2D eigenvalue weighted by molar-refractivity contribution is 6.05. The first-order chi connectivity index (χ1) is 13.9. The molecule has 31 heavy (non-hydrogen) atoms. The van der Waals surface area contributed by atoms with E-state index in [1.807, 2.05) is 13.8 Å². The minimum atomic E-state index is -0.323. The highest BCUT2D eigenvalue weighted by Gasteiger charge is 2.21. The largest absolute Gasteiger partial charge is 0.326 e. The van der Waals surface area contributed by atoms with Crippen LogP contribution in [0.25, 0.3) is 11.1 Å². The Morgan fingerprint density at radius 3 is 2.32 bits per heavy atom. The van der Waals surface area contributed by atoms with Gasteiger partial charge in [0.25, 0.3) is 5.91 Å². The zero-order valence-electron chi connectivity index (χ0n) is 18.2. The molecule has 1 amide bonds. The first kappa shape index (κ1) is 26.5. The summed E-state index contributed by atoms with van der Waals surface area (Å²) in [7, 11) is 0. The summed E-state index contributed by atoms with van der Waals surface area (Å²) in [6.07, 6.45) is 5.30. The van der Waals surface area contributed by atoms with E-state index in [1.54, 1.807) is 0 Å². The second-order valence-electron chi connectivity index (χ2n) is 7.59. The van der Waals surface area contributed by atoms with Crippen LogP contribution >= 0.6 is 24.8 Å². The quantitative estimate of drug-likeness (QED) is 0.543. The number of nitrogens with two attached hydrogens (primary N) is 1. The summed E-state index contributed by atoms with van der Waals surface area (Å²) in [5, 5.41) is 3.00. The normalized spacial score (nSPS) is 10.3. The van der Waals surface area contributed by atoms with Crippen LogP contribution in [0.2, 0.25) is 0 Å². The highest BCUT2D eigenvalue weighted by Crippen LogP contribution is 2.36. The first-order valence-corrected chi connectivity index (χ1v) is 9.77. The standard InChI is InChI=1S/C23H27N5O.2ClH/c1-14(2)11-19-18(12-24)21(17-7-5-15(3)6-8-17)22(16(4)27-19)28-23(29)20-13-25-9-10-26-20;;/h5-10,13-14H,11-12,24H2,1-4H3,(H,28,29);2*1H. The minimum Gasteiger partial charge on any atom is -0.326 e. The molecule has 2 heterocycles. The second-order valence-corrected chi connectivity index (χ2v) is 7.59. The van der Waals surface area contributed by atoms with Gasteiger partial charge in [0.2, 0.25) is 0 Å². The number of benzene rings is 1. The number of aromatic nitrogens is 3. The van der Waals surface area contributed by atoms with E-state index in [0.717, 1.165) is 34.5 Å². The third-order valence-electron chi connectivity index (χ3n) is 4.74. The lowest BCUT2D eigenvalue weighted by molar-refractivity contribution is 0.102. The fourth-order valence-corrected chi connectivity index (χ4v) is 3.36. The molecular formula is C23H29Cl2N5O. The topological polar surface area (TPSA) is 93.8 Å². The Morgan fingerprint density at radius 1 is 1.10 bits per heavy atom. The lowest BCUT2D eigenvalue weighted by atomic mass is 9.92. The number of hydrogen-bond donors (Lipinski definition) is 2. The number of nitrogens with zero attached hydrogens (tertiary/aromatic N) is 3. The molecule has 0 saturated carbocycles. The third-order valence-corrected chi connectivity index (χ3v) is 4.74.